The van der Waals surface area contributed by atoms with Gasteiger partial charge in [0.1, 0.15) is 6.29 Å². The molecule has 0 radical (unpaired) electrons. The van der Waals surface area contributed by atoms with E-state index in [1.807, 2.05) is 30.3 Å². The van der Waals surface area contributed by atoms with Gasteiger partial charge in [-0.15, -0.1) is 0 Å². The highest BCUT2D eigenvalue weighted by Gasteiger charge is 2.03. The summed E-state index contributed by atoms with van der Waals surface area (Å²) in [6, 6.07) is 19.8. The maximum absolute atomic E-state index is 10.9. The first kappa shape index (κ1) is 11.9. The van der Waals surface area contributed by atoms with E-state index < -0.39 is 0 Å². The maximum Gasteiger partial charge on any atom is 0.150 e. The SMILES string of the molecule is O=Cc1cc(Cl)cc(-c2ccc3ccccc3c2)c1. The van der Waals surface area contributed by atoms with Crippen molar-refractivity contribution in [3.63, 3.8) is 0 Å². The van der Waals surface area contributed by atoms with Crippen LogP contribution in [0.3, 0.4) is 0 Å². The Balaban J connectivity index is 2.18. The Labute approximate surface area is 116 Å². The van der Waals surface area contributed by atoms with Gasteiger partial charge >= 0.3 is 0 Å². The molecule has 3 aromatic carbocycles. The van der Waals surface area contributed by atoms with Crippen molar-refractivity contribution in [1.82, 2.24) is 0 Å². The van der Waals surface area contributed by atoms with Crippen LogP contribution in [-0.2, 0) is 0 Å². The van der Waals surface area contributed by atoms with E-state index in [1.54, 1.807) is 6.07 Å². The van der Waals surface area contributed by atoms with Gasteiger partial charge in [0.25, 0.3) is 0 Å². The van der Waals surface area contributed by atoms with Crippen molar-refractivity contribution >= 4 is 28.7 Å². The lowest BCUT2D eigenvalue weighted by Gasteiger charge is -2.06. The molecule has 3 rings (SSSR count). The first-order valence-electron chi connectivity index (χ1n) is 6.01. The summed E-state index contributed by atoms with van der Waals surface area (Å²) >= 11 is 6.04. The Hall–Kier alpha value is -2.12. The van der Waals surface area contributed by atoms with Crippen LogP contribution in [0.4, 0.5) is 0 Å². The molecule has 0 saturated carbocycles. The van der Waals surface area contributed by atoms with E-state index in [-0.39, 0.29) is 0 Å². The highest BCUT2D eigenvalue weighted by Crippen LogP contribution is 2.27. The maximum atomic E-state index is 10.9. The quantitative estimate of drug-likeness (QED) is 0.598. The molecule has 0 saturated heterocycles. The van der Waals surface area contributed by atoms with E-state index in [0.717, 1.165) is 17.4 Å². The molecular weight excluding hydrogens is 256 g/mol. The third kappa shape index (κ3) is 2.38. The number of carbonyl (C=O) groups excluding carboxylic acids is 1. The van der Waals surface area contributed by atoms with Crippen LogP contribution in [0.5, 0.6) is 0 Å². The van der Waals surface area contributed by atoms with Crippen LogP contribution in [-0.4, -0.2) is 6.29 Å². The molecule has 0 bridgehead atoms. The zero-order chi connectivity index (χ0) is 13.2. The average Bonchev–Trinajstić information content (AvgIpc) is 2.46. The fraction of sp³-hybridized carbons (Fsp3) is 0. The zero-order valence-electron chi connectivity index (χ0n) is 10.1. The number of hydrogen-bond acceptors (Lipinski definition) is 1. The van der Waals surface area contributed by atoms with Crippen LogP contribution in [0, 0.1) is 0 Å². The van der Waals surface area contributed by atoms with Gasteiger partial charge in [-0.1, -0.05) is 48.0 Å². The average molecular weight is 267 g/mol. The molecule has 0 unspecified atom stereocenters. The Morgan fingerprint density at radius 2 is 1.58 bits per heavy atom. The normalized spacial score (nSPS) is 10.6. The van der Waals surface area contributed by atoms with Crippen molar-refractivity contribution < 1.29 is 4.79 Å². The molecule has 1 nitrogen and oxygen atoms in total. The molecule has 92 valence electrons. The van der Waals surface area contributed by atoms with Crippen LogP contribution < -0.4 is 0 Å². The number of hydrogen-bond donors (Lipinski definition) is 0. The van der Waals surface area contributed by atoms with Gasteiger partial charge in [0.15, 0.2) is 0 Å². The summed E-state index contributed by atoms with van der Waals surface area (Å²) in [7, 11) is 0. The number of benzene rings is 3. The van der Waals surface area contributed by atoms with Gasteiger partial charge in [-0.2, -0.15) is 0 Å². The topological polar surface area (TPSA) is 17.1 Å². The predicted octanol–water partition coefficient (Wildman–Crippen LogP) is 4.97. The fourth-order valence-electron chi connectivity index (χ4n) is 2.22. The van der Waals surface area contributed by atoms with Crippen molar-refractivity contribution in [3.8, 4) is 11.1 Å². The van der Waals surface area contributed by atoms with Crippen LogP contribution in [0.15, 0.2) is 60.7 Å². The minimum atomic E-state index is 0.577. The van der Waals surface area contributed by atoms with E-state index in [2.05, 4.69) is 24.3 Å². The number of halogens is 1. The van der Waals surface area contributed by atoms with E-state index in [1.165, 1.54) is 10.8 Å². The molecule has 19 heavy (non-hydrogen) atoms. The summed E-state index contributed by atoms with van der Waals surface area (Å²) in [5.74, 6) is 0. The molecular formula is C17H11ClO. The van der Waals surface area contributed by atoms with Gasteiger partial charge in [0, 0.05) is 10.6 Å². The molecule has 0 amide bonds. The molecule has 2 heteroatoms. The van der Waals surface area contributed by atoms with Gasteiger partial charge in [-0.25, -0.2) is 0 Å². The minimum Gasteiger partial charge on any atom is -0.298 e. The van der Waals surface area contributed by atoms with Crippen molar-refractivity contribution in [2.75, 3.05) is 0 Å². The number of carbonyl (C=O) groups is 1. The first-order chi connectivity index (χ1) is 9.26. The lowest BCUT2D eigenvalue weighted by molar-refractivity contribution is 0.112. The van der Waals surface area contributed by atoms with E-state index >= 15 is 0 Å². The van der Waals surface area contributed by atoms with Crippen molar-refractivity contribution in [3.05, 3.63) is 71.2 Å². The van der Waals surface area contributed by atoms with Gasteiger partial charge in [0.05, 0.1) is 0 Å². The van der Waals surface area contributed by atoms with E-state index in [0.29, 0.717) is 10.6 Å². The van der Waals surface area contributed by atoms with Crippen LogP contribution in [0.1, 0.15) is 10.4 Å². The largest absolute Gasteiger partial charge is 0.298 e. The van der Waals surface area contributed by atoms with Crippen LogP contribution >= 0.6 is 11.6 Å². The zero-order valence-corrected chi connectivity index (χ0v) is 10.9. The summed E-state index contributed by atoms with van der Waals surface area (Å²) in [6.45, 7) is 0. The fourth-order valence-corrected chi connectivity index (χ4v) is 2.46. The molecule has 0 heterocycles. The molecule has 0 aromatic heterocycles. The van der Waals surface area contributed by atoms with Gasteiger partial charge in [-0.3, -0.25) is 4.79 Å². The monoisotopic (exact) mass is 266 g/mol. The Morgan fingerprint density at radius 3 is 2.37 bits per heavy atom. The Kier molecular flexibility index (Phi) is 3.06. The summed E-state index contributed by atoms with van der Waals surface area (Å²) in [6.07, 6.45) is 0.816. The number of aldehydes is 1. The van der Waals surface area contributed by atoms with Gasteiger partial charge in [-0.05, 0) is 46.2 Å². The predicted molar refractivity (Wildman–Crippen MR) is 79.8 cm³/mol. The molecule has 0 fully saturated rings. The minimum absolute atomic E-state index is 0.577. The lowest BCUT2D eigenvalue weighted by Crippen LogP contribution is -1.84. The Morgan fingerprint density at radius 1 is 0.789 bits per heavy atom. The second kappa shape index (κ2) is 4.87. The van der Waals surface area contributed by atoms with Gasteiger partial charge in [0.2, 0.25) is 0 Å². The standard InChI is InChI=1S/C17H11ClO/c18-17-8-12(11-19)7-16(10-17)15-6-5-13-3-1-2-4-14(13)9-15/h1-11H. The molecule has 3 aromatic rings. The summed E-state index contributed by atoms with van der Waals surface area (Å²) in [5.41, 5.74) is 2.61. The summed E-state index contributed by atoms with van der Waals surface area (Å²) < 4.78 is 0. The van der Waals surface area contributed by atoms with E-state index in [9.17, 15) is 4.79 Å². The Bertz CT molecular complexity index is 762. The van der Waals surface area contributed by atoms with Crippen LogP contribution in [0.2, 0.25) is 5.02 Å². The van der Waals surface area contributed by atoms with Crippen molar-refractivity contribution in [2.45, 2.75) is 0 Å². The molecule has 0 aliphatic carbocycles. The second-order valence-corrected chi connectivity index (χ2v) is 4.89. The summed E-state index contributed by atoms with van der Waals surface area (Å²) in [4.78, 5) is 10.9. The van der Waals surface area contributed by atoms with Crippen molar-refractivity contribution in [2.24, 2.45) is 0 Å². The smallest absolute Gasteiger partial charge is 0.150 e. The molecule has 0 aliphatic rings. The van der Waals surface area contributed by atoms with Crippen molar-refractivity contribution in [1.29, 1.82) is 0 Å². The lowest BCUT2D eigenvalue weighted by atomic mass is 10.00. The number of fused-ring (bicyclic) bond motifs is 1. The van der Waals surface area contributed by atoms with E-state index in [4.69, 9.17) is 11.6 Å². The highest BCUT2D eigenvalue weighted by atomic mass is 35.5. The highest BCUT2D eigenvalue weighted by molar-refractivity contribution is 6.31. The first-order valence-corrected chi connectivity index (χ1v) is 6.39. The second-order valence-electron chi connectivity index (χ2n) is 4.45. The molecule has 0 atom stereocenters. The number of rotatable bonds is 2. The van der Waals surface area contributed by atoms with Crippen LogP contribution in [0.25, 0.3) is 21.9 Å². The van der Waals surface area contributed by atoms with Gasteiger partial charge < -0.3 is 0 Å². The molecule has 0 spiro atoms. The molecule has 0 aliphatic heterocycles. The summed E-state index contributed by atoms with van der Waals surface area (Å²) in [5, 5.41) is 2.95. The molecule has 0 N–H and O–H groups in total. The third-order valence-corrected chi connectivity index (χ3v) is 3.36. The third-order valence-electron chi connectivity index (χ3n) is 3.14.